The average molecular weight is 475 g/mol. The molecule has 1 aliphatic heterocycles. The van der Waals surface area contributed by atoms with Crippen LogP contribution in [0.5, 0.6) is 0 Å². The third-order valence-corrected chi connectivity index (χ3v) is 7.02. The van der Waals surface area contributed by atoms with Gasteiger partial charge in [0, 0.05) is 19.3 Å². The summed E-state index contributed by atoms with van der Waals surface area (Å²) in [7, 11) is 0. The van der Waals surface area contributed by atoms with Crippen LogP contribution in [0.1, 0.15) is 70.8 Å². The van der Waals surface area contributed by atoms with Crippen LogP contribution in [0.25, 0.3) is 0 Å². The number of unbranched alkanes of at least 4 members (excludes halogenated alkanes) is 1. The Hall–Kier alpha value is -1.73. The van der Waals surface area contributed by atoms with Gasteiger partial charge in [-0.1, -0.05) is 42.5 Å². The minimum atomic E-state index is -0.603. The molecule has 190 valence electrons. The lowest BCUT2D eigenvalue weighted by Crippen LogP contribution is -2.33. The molecule has 2 N–H and O–H groups in total. The van der Waals surface area contributed by atoms with Gasteiger partial charge in [0.25, 0.3) is 0 Å². The Morgan fingerprint density at radius 3 is 2.50 bits per heavy atom. The summed E-state index contributed by atoms with van der Waals surface area (Å²) in [5.41, 5.74) is 1.26. The van der Waals surface area contributed by atoms with E-state index in [1.165, 1.54) is 5.56 Å². The summed E-state index contributed by atoms with van der Waals surface area (Å²) in [6.07, 6.45) is 9.31. The summed E-state index contributed by atoms with van der Waals surface area (Å²) in [5.74, 6) is -0.726. The summed E-state index contributed by atoms with van der Waals surface area (Å²) in [6.45, 7) is 4.90. The number of ether oxygens (including phenoxy) is 3. The molecular formula is C28H42O6. The zero-order valence-corrected chi connectivity index (χ0v) is 20.7. The van der Waals surface area contributed by atoms with E-state index in [-0.39, 0.29) is 23.9 Å². The number of hydrogen-bond donors (Lipinski definition) is 2. The van der Waals surface area contributed by atoms with Crippen LogP contribution < -0.4 is 0 Å². The number of carbonyl (C=O) groups is 1. The van der Waals surface area contributed by atoms with Crippen molar-refractivity contribution in [1.82, 2.24) is 0 Å². The third kappa shape index (κ3) is 8.19. The van der Waals surface area contributed by atoms with E-state index in [2.05, 4.69) is 24.3 Å². The number of allylic oxidation sites excluding steroid dienone is 2. The van der Waals surface area contributed by atoms with E-state index >= 15 is 0 Å². The van der Waals surface area contributed by atoms with Crippen LogP contribution in [0.2, 0.25) is 0 Å². The molecule has 2 aliphatic rings. The lowest BCUT2D eigenvalue weighted by molar-refractivity contribution is -0.170. The molecule has 1 aromatic carbocycles. The second-order valence-electron chi connectivity index (χ2n) is 9.97. The first kappa shape index (κ1) is 26.9. The molecule has 1 saturated heterocycles. The van der Waals surface area contributed by atoms with E-state index < -0.39 is 18.0 Å². The van der Waals surface area contributed by atoms with E-state index in [9.17, 15) is 15.0 Å². The van der Waals surface area contributed by atoms with Crippen molar-refractivity contribution >= 4 is 5.97 Å². The highest BCUT2D eigenvalue weighted by atomic mass is 16.7. The molecular weight excluding hydrogens is 432 g/mol. The van der Waals surface area contributed by atoms with Crippen LogP contribution in [-0.2, 0) is 25.4 Å². The molecule has 0 radical (unpaired) electrons. The molecule has 2 fully saturated rings. The highest BCUT2D eigenvalue weighted by Gasteiger charge is 2.43. The lowest BCUT2D eigenvalue weighted by Gasteiger charge is -2.31. The topological polar surface area (TPSA) is 85.2 Å². The van der Waals surface area contributed by atoms with Crippen molar-refractivity contribution in [2.24, 2.45) is 11.8 Å². The van der Waals surface area contributed by atoms with Gasteiger partial charge in [0.1, 0.15) is 0 Å². The molecule has 0 spiro atoms. The summed E-state index contributed by atoms with van der Waals surface area (Å²) >= 11 is 0. The van der Waals surface area contributed by atoms with Crippen LogP contribution in [0.4, 0.5) is 0 Å². The number of aryl methyl sites for hydroxylation is 1. The van der Waals surface area contributed by atoms with E-state index in [0.29, 0.717) is 32.5 Å². The van der Waals surface area contributed by atoms with Crippen molar-refractivity contribution in [2.45, 2.75) is 95.7 Å². The van der Waals surface area contributed by atoms with E-state index in [1.54, 1.807) is 0 Å². The number of esters is 1. The van der Waals surface area contributed by atoms with Gasteiger partial charge in [-0.25, -0.2) is 0 Å². The fraction of sp³-hybridized carbons (Fsp3) is 0.679. The Morgan fingerprint density at radius 1 is 1.09 bits per heavy atom. The molecule has 1 saturated carbocycles. The van der Waals surface area contributed by atoms with Gasteiger partial charge >= 0.3 is 5.97 Å². The molecule has 0 bridgehead atoms. The van der Waals surface area contributed by atoms with Crippen molar-refractivity contribution < 1.29 is 29.2 Å². The molecule has 1 aromatic rings. The van der Waals surface area contributed by atoms with E-state index in [1.807, 2.05) is 32.0 Å². The van der Waals surface area contributed by atoms with Crippen LogP contribution >= 0.6 is 0 Å². The maximum Gasteiger partial charge on any atom is 0.306 e. The highest BCUT2D eigenvalue weighted by Crippen LogP contribution is 2.41. The first-order valence-electron chi connectivity index (χ1n) is 12.9. The number of hydrogen-bond acceptors (Lipinski definition) is 6. The monoisotopic (exact) mass is 474 g/mol. The maximum absolute atomic E-state index is 11.6. The van der Waals surface area contributed by atoms with Crippen molar-refractivity contribution in [1.29, 1.82) is 0 Å². The zero-order chi connectivity index (χ0) is 24.4. The number of aliphatic hydroxyl groups is 2. The van der Waals surface area contributed by atoms with Crippen molar-refractivity contribution in [3.05, 3.63) is 48.0 Å². The third-order valence-electron chi connectivity index (χ3n) is 7.02. The van der Waals surface area contributed by atoms with Crippen molar-refractivity contribution in [2.75, 3.05) is 13.2 Å². The summed E-state index contributed by atoms with van der Waals surface area (Å²) in [4.78, 5) is 11.6. The first-order chi connectivity index (χ1) is 16.4. The molecule has 3 rings (SSSR count). The average Bonchev–Trinajstić information content (AvgIpc) is 3.38. The largest absolute Gasteiger partial charge is 0.463 e. The fourth-order valence-electron chi connectivity index (χ4n) is 5.24. The Morgan fingerprint density at radius 2 is 1.79 bits per heavy atom. The van der Waals surface area contributed by atoms with Gasteiger partial charge in [0.05, 0.1) is 31.5 Å². The van der Waals surface area contributed by atoms with Gasteiger partial charge in [-0.15, -0.1) is 0 Å². The Labute approximate surface area is 204 Å². The van der Waals surface area contributed by atoms with Crippen molar-refractivity contribution in [3.8, 4) is 0 Å². The number of benzene rings is 1. The molecule has 4 unspecified atom stereocenters. The summed E-state index contributed by atoms with van der Waals surface area (Å²) in [6, 6.07) is 10.4. The standard InChI is InChI=1S/C28H42O6/c1-21(2)34-27(31)13-9-4-3-8-12-23-24(26(30)20-25(23)29)15-17-28(32-18-19-33-28)16-14-22-10-6-5-7-11-22/h3,5-8,10-11,21,23-26,29-30H,4,9,12-20H2,1-2H3/b8-3+. The molecule has 0 aromatic heterocycles. The van der Waals surface area contributed by atoms with Crippen molar-refractivity contribution in [3.63, 3.8) is 0 Å². The molecule has 0 amide bonds. The summed E-state index contributed by atoms with van der Waals surface area (Å²) < 4.78 is 17.3. The Kier molecular flexibility index (Phi) is 10.6. The first-order valence-corrected chi connectivity index (χ1v) is 12.9. The van der Waals surface area contributed by atoms with Crippen LogP contribution in [0, 0.1) is 11.8 Å². The zero-order valence-electron chi connectivity index (χ0n) is 20.7. The fourth-order valence-corrected chi connectivity index (χ4v) is 5.24. The second-order valence-corrected chi connectivity index (χ2v) is 9.97. The Bertz CT molecular complexity index is 755. The minimum absolute atomic E-state index is 0.0158. The van der Waals surface area contributed by atoms with Crippen LogP contribution in [-0.4, -0.2) is 53.5 Å². The SMILES string of the molecule is CC(C)OC(=O)CCC/C=C/CC1C(O)CC(O)C1CCC1(CCc2ccccc2)OCCO1. The summed E-state index contributed by atoms with van der Waals surface area (Å²) in [5, 5.41) is 21.2. The molecule has 6 heteroatoms. The van der Waals surface area contributed by atoms with Gasteiger partial charge in [-0.3, -0.25) is 4.79 Å². The van der Waals surface area contributed by atoms with Gasteiger partial charge in [-0.2, -0.15) is 0 Å². The number of aliphatic hydroxyl groups excluding tert-OH is 2. The van der Waals surface area contributed by atoms with Gasteiger partial charge in [-0.05, 0) is 69.8 Å². The second kappa shape index (κ2) is 13.4. The number of rotatable bonds is 13. The van der Waals surface area contributed by atoms with Gasteiger partial charge in [0.2, 0.25) is 0 Å². The maximum atomic E-state index is 11.6. The van der Waals surface area contributed by atoms with Gasteiger partial charge in [0.15, 0.2) is 5.79 Å². The van der Waals surface area contributed by atoms with Crippen LogP contribution in [0.15, 0.2) is 42.5 Å². The smallest absolute Gasteiger partial charge is 0.306 e. The highest BCUT2D eigenvalue weighted by molar-refractivity contribution is 5.69. The minimum Gasteiger partial charge on any atom is -0.463 e. The van der Waals surface area contributed by atoms with E-state index in [4.69, 9.17) is 14.2 Å². The Balaban J connectivity index is 1.47. The molecule has 4 atom stereocenters. The molecule has 6 nitrogen and oxygen atoms in total. The lowest BCUT2D eigenvalue weighted by atomic mass is 9.85. The quantitative estimate of drug-likeness (QED) is 0.248. The van der Waals surface area contributed by atoms with Gasteiger partial charge < -0.3 is 24.4 Å². The predicted octanol–water partition coefficient (Wildman–Crippen LogP) is 4.57. The van der Waals surface area contributed by atoms with Crippen LogP contribution in [0.3, 0.4) is 0 Å². The number of carbonyl (C=O) groups excluding carboxylic acids is 1. The van der Waals surface area contributed by atoms with E-state index in [0.717, 1.165) is 38.5 Å². The predicted molar refractivity (Wildman–Crippen MR) is 131 cm³/mol. The molecule has 34 heavy (non-hydrogen) atoms. The normalized spacial score (nSPS) is 26.5. The molecule has 1 aliphatic carbocycles. The molecule has 1 heterocycles.